The summed E-state index contributed by atoms with van der Waals surface area (Å²) in [5, 5.41) is 34.9. The molecule has 0 radical (unpaired) electrons. The summed E-state index contributed by atoms with van der Waals surface area (Å²) in [6, 6.07) is 5.47. The first kappa shape index (κ1) is 51.1. The first-order valence-corrected chi connectivity index (χ1v) is 26.5. The highest BCUT2D eigenvalue weighted by Crippen LogP contribution is 2.55. The van der Waals surface area contributed by atoms with E-state index >= 15 is 0 Å². The molecule has 0 saturated carbocycles. The Bertz CT molecular complexity index is 3090. The molecule has 0 amide bonds. The van der Waals surface area contributed by atoms with Crippen LogP contribution in [-0.2, 0) is 20.2 Å². The largest absolute Gasteiger partial charge is 0.450 e. The summed E-state index contributed by atoms with van der Waals surface area (Å²) in [6.07, 6.45) is 0. The van der Waals surface area contributed by atoms with E-state index in [1.807, 2.05) is 0 Å². The number of thioether (sulfide) groups is 2. The molecular formula is C36H38Cl4N14O10S4. The van der Waals surface area contributed by atoms with Gasteiger partial charge in [0, 0.05) is 55.7 Å². The number of anilines is 7. The number of fused-ring (bicyclic) bond motifs is 4. The Kier molecular flexibility index (Phi) is 17.1. The Labute approximate surface area is 415 Å². The number of aromatic nitrogens is 7. The summed E-state index contributed by atoms with van der Waals surface area (Å²) in [5.74, 6) is 2.26. The first-order valence-electron chi connectivity index (χ1n) is 19.8. The standard InChI is InChI=1S/C36H38Cl4N14O10S4/c37-21-23-27(63-25-17(47-23)1-3-19(29(25)67(57,58)59)41-5-7-43-33-49-31(39)51-35(53-33)45-9-13-65-15-11-55)22(38)24-28(21)64-26-18(48-24)2-4-20(30(26)68(60,61)62)42-6-8-44-34-50-32(40)52-36(54-34)46-10-14-66-16-12-56/h1-4,41,47,55-56H,5-16H2,(H,57,58,59)(H,60,61,62)(H2,43,45,49,51,53)(H2,44,46,50,52,54). The van der Waals surface area contributed by atoms with Gasteiger partial charge in [0.1, 0.15) is 26.9 Å². The summed E-state index contributed by atoms with van der Waals surface area (Å²) in [5.41, 5.74) is -0.525. The van der Waals surface area contributed by atoms with Crippen molar-refractivity contribution in [2.45, 2.75) is 9.79 Å². The minimum absolute atomic E-state index is 0.0285. The molecule has 2 aromatic heterocycles. The Morgan fingerprint density at radius 3 is 1.76 bits per heavy atom. The second-order valence-corrected chi connectivity index (χ2v) is 20.3. The van der Waals surface area contributed by atoms with E-state index in [0.29, 0.717) is 36.1 Å². The van der Waals surface area contributed by atoms with E-state index in [1.54, 1.807) is 11.8 Å². The van der Waals surface area contributed by atoms with E-state index in [0.717, 1.165) is 0 Å². The zero-order chi connectivity index (χ0) is 48.6. The molecule has 364 valence electrons. The van der Waals surface area contributed by atoms with Crippen molar-refractivity contribution in [1.82, 2.24) is 34.9 Å². The fourth-order valence-electron chi connectivity index (χ4n) is 6.29. The van der Waals surface area contributed by atoms with Crippen molar-refractivity contribution in [3.05, 3.63) is 50.2 Å². The summed E-state index contributed by atoms with van der Waals surface area (Å²) in [7, 11) is -10.0. The maximum atomic E-state index is 12.9. The molecule has 0 fully saturated rings. The van der Waals surface area contributed by atoms with Gasteiger partial charge in [0.2, 0.25) is 34.4 Å². The minimum Gasteiger partial charge on any atom is -0.450 e. The lowest BCUT2D eigenvalue weighted by Gasteiger charge is -2.27. The molecule has 0 unspecified atom stereocenters. The van der Waals surface area contributed by atoms with Crippen LogP contribution in [-0.4, -0.2) is 147 Å². The van der Waals surface area contributed by atoms with Crippen molar-refractivity contribution in [1.29, 1.82) is 0 Å². The van der Waals surface area contributed by atoms with E-state index in [9.17, 15) is 25.9 Å². The van der Waals surface area contributed by atoms with Crippen LogP contribution in [0.1, 0.15) is 0 Å². The van der Waals surface area contributed by atoms with Crippen molar-refractivity contribution in [3.63, 3.8) is 0 Å². The van der Waals surface area contributed by atoms with Gasteiger partial charge in [0.25, 0.3) is 10.1 Å². The summed E-state index contributed by atoms with van der Waals surface area (Å²) >= 11 is 28.9. The van der Waals surface area contributed by atoms with Crippen molar-refractivity contribution in [2.24, 2.45) is 4.99 Å². The third kappa shape index (κ3) is 12.5. The van der Waals surface area contributed by atoms with E-state index in [1.165, 1.54) is 36.0 Å². The highest BCUT2D eigenvalue weighted by molar-refractivity contribution is 7.99. The smallest absolute Gasteiger partial charge is 0.300 e. The molecule has 4 aromatic rings. The van der Waals surface area contributed by atoms with Gasteiger partial charge in [-0.15, -0.1) is 0 Å². The fourth-order valence-corrected chi connectivity index (χ4v) is 9.87. The van der Waals surface area contributed by atoms with Gasteiger partial charge < -0.3 is 51.3 Å². The Morgan fingerprint density at radius 1 is 0.632 bits per heavy atom. The summed E-state index contributed by atoms with van der Waals surface area (Å²) < 4.78 is 84.7. The third-order valence-corrected chi connectivity index (χ3v) is 13.8. The molecule has 0 atom stereocenters. The predicted molar refractivity (Wildman–Crippen MR) is 261 cm³/mol. The van der Waals surface area contributed by atoms with Crippen LogP contribution in [0, 0.1) is 0 Å². The molecule has 10 N–H and O–H groups in total. The molecule has 3 aliphatic rings. The normalized spacial score (nSPS) is 12.6. The Balaban J connectivity index is 1.11. The highest BCUT2D eigenvalue weighted by Gasteiger charge is 2.34. The zero-order valence-corrected chi connectivity index (χ0v) is 41.0. The molecule has 7 rings (SSSR count). The molecule has 24 nitrogen and oxygen atoms in total. The van der Waals surface area contributed by atoms with Gasteiger partial charge in [-0.3, -0.25) is 14.1 Å². The third-order valence-electron chi connectivity index (χ3n) is 9.01. The molecule has 0 saturated heterocycles. The van der Waals surface area contributed by atoms with Gasteiger partial charge in [0.05, 0.1) is 36.5 Å². The van der Waals surface area contributed by atoms with E-state index in [2.05, 4.69) is 71.8 Å². The van der Waals surface area contributed by atoms with Crippen LogP contribution in [0.4, 0.5) is 40.9 Å². The number of hydrogen-bond donors (Lipinski definition) is 10. The number of aliphatic hydroxyl groups is 2. The van der Waals surface area contributed by atoms with Crippen molar-refractivity contribution in [2.75, 3.05) is 107 Å². The summed E-state index contributed by atoms with van der Waals surface area (Å²) in [4.78, 5) is 32.1. The molecule has 2 aromatic carbocycles. The van der Waals surface area contributed by atoms with E-state index in [-0.39, 0.29) is 135 Å². The lowest BCUT2D eigenvalue weighted by molar-refractivity contribution is 0.322. The lowest BCUT2D eigenvalue weighted by Crippen LogP contribution is -2.20. The van der Waals surface area contributed by atoms with Crippen LogP contribution in [0.15, 0.2) is 43.5 Å². The first-order chi connectivity index (χ1) is 32.5. The number of aliphatic hydroxyl groups excluding tert-OH is 2. The molecule has 32 heteroatoms. The van der Waals surface area contributed by atoms with Gasteiger partial charge in [-0.2, -0.15) is 70.3 Å². The highest BCUT2D eigenvalue weighted by atomic mass is 35.5. The maximum absolute atomic E-state index is 12.9. The van der Waals surface area contributed by atoms with E-state index < -0.39 is 35.8 Å². The number of rotatable bonds is 23. The molecule has 1 aliphatic carbocycles. The Hall–Kier alpha value is -4.72. The van der Waals surface area contributed by atoms with Crippen molar-refractivity contribution < 1.29 is 45.3 Å². The van der Waals surface area contributed by atoms with Crippen LogP contribution >= 0.6 is 69.9 Å². The van der Waals surface area contributed by atoms with Gasteiger partial charge in [0.15, 0.2) is 32.6 Å². The van der Waals surface area contributed by atoms with Crippen LogP contribution in [0.3, 0.4) is 0 Å². The SMILES string of the molecule is O=S(=O)(O)c1c(NCCNc2nc(Cl)nc(NCCSCCO)n2)ccc2c1Oc1c(c(Cl)c3oc4c(S(=O)(=O)O)c(=NCCNc5nc(Cl)nc(NCCSCCO)n5)ccc-4nc3c1Cl)N2. The predicted octanol–water partition coefficient (Wildman–Crippen LogP) is 5.07. The molecule has 2 aliphatic heterocycles. The Morgan fingerprint density at radius 2 is 1.19 bits per heavy atom. The summed E-state index contributed by atoms with van der Waals surface area (Å²) in [6.45, 7) is 1.39. The van der Waals surface area contributed by atoms with Gasteiger partial charge >= 0.3 is 10.1 Å². The molecule has 68 heavy (non-hydrogen) atoms. The van der Waals surface area contributed by atoms with Crippen LogP contribution < -0.4 is 42.0 Å². The minimum atomic E-state index is -5.03. The fraction of sp³-hybridized carbons (Fsp3) is 0.333. The van der Waals surface area contributed by atoms with Gasteiger partial charge in [-0.25, -0.2) is 4.98 Å². The van der Waals surface area contributed by atoms with Gasteiger partial charge in [-0.05, 0) is 47.5 Å². The van der Waals surface area contributed by atoms with Crippen LogP contribution in [0.5, 0.6) is 11.5 Å². The molecule has 0 spiro atoms. The number of nitrogens with zero attached hydrogens (tertiary/aromatic N) is 8. The average Bonchev–Trinajstić information content (AvgIpc) is 3.28. The van der Waals surface area contributed by atoms with Crippen molar-refractivity contribution in [3.8, 4) is 23.0 Å². The maximum Gasteiger partial charge on any atom is 0.300 e. The number of halogens is 4. The molecule has 0 bridgehead atoms. The number of ether oxygens (including phenoxy) is 1. The number of hydrogen-bond acceptors (Lipinski definition) is 24. The zero-order valence-electron chi connectivity index (χ0n) is 34.8. The number of benzene rings is 3. The quantitative estimate of drug-likeness (QED) is 0.0227. The van der Waals surface area contributed by atoms with E-state index in [4.69, 9.17) is 65.8 Å². The second-order valence-electron chi connectivity index (χ2n) is 13.7. The topological polar surface area (TPSA) is 346 Å². The monoisotopic (exact) mass is 1090 g/mol. The van der Waals surface area contributed by atoms with Crippen LogP contribution in [0.25, 0.3) is 22.6 Å². The molecular weight excluding hydrogens is 1060 g/mol. The van der Waals surface area contributed by atoms with Crippen LogP contribution in [0.2, 0.25) is 20.6 Å². The molecule has 4 heterocycles. The lowest BCUT2D eigenvalue weighted by atomic mass is 10.1. The second kappa shape index (κ2) is 22.8. The average molecular weight is 1100 g/mol. The van der Waals surface area contributed by atoms with Gasteiger partial charge in [-0.1, -0.05) is 23.2 Å². The van der Waals surface area contributed by atoms with Crippen molar-refractivity contribution >= 4 is 142 Å². The number of nitrogens with one attached hydrogen (secondary N) is 6.